The van der Waals surface area contributed by atoms with Gasteiger partial charge in [0.15, 0.2) is 0 Å². The van der Waals surface area contributed by atoms with E-state index in [2.05, 4.69) is 4.98 Å². The first-order chi connectivity index (χ1) is 12.6. The van der Waals surface area contributed by atoms with Gasteiger partial charge in [-0.05, 0) is 25.0 Å². The molecule has 1 aliphatic carbocycles. The average molecular weight is 354 g/mol. The summed E-state index contributed by atoms with van der Waals surface area (Å²) in [7, 11) is 0. The van der Waals surface area contributed by atoms with Gasteiger partial charge < -0.3 is 9.80 Å². The Hall–Kier alpha value is -2.70. The van der Waals surface area contributed by atoms with Crippen molar-refractivity contribution in [2.75, 3.05) is 19.6 Å². The van der Waals surface area contributed by atoms with Gasteiger partial charge in [-0.3, -0.25) is 18.8 Å². The van der Waals surface area contributed by atoms with Gasteiger partial charge >= 0.3 is 0 Å². The van der Waals surface area contributed by atoms with E-state index in [0.717, 1.165) is 25.7 Å². The number of carbonyl (C=O) groups is 2. The molecule has 0 N–H and O–H groups in total. The van der Waals surface area contributed by atoms with Crippen LogP contribution in [0, 0.1) is 0 Å². The van der Waals surface area contributed by atoms with E-state index < -0.39 is 11.5 Å². The minimum atomic E-state index is -0.419. The molecule has 2 aliphatic rings. The number of aromatic nitrogens is 2. The smallest absolute Gasteiger partial charge is 0.270 e. The topological polar surface area (TPSA) is 75.0 Å². The molecule has 0 aromatic carbocycles. The van der Waals surface area contributed by atoms with Crippen molar-refractivity contribution < 1.29 is 9.59 Å². The molecule has 0 spiro atoms. The first-order valence-electron chi connectivity index (χ1n) is 9.20. The summed E-state index contributed by atoms with van der Waals surface area (Å²) < 4.78 is 1.35. The lowest BCUT2D eigenvalue weighted by Crippen LogP contribution is -2.56. The molecule has 26 heavy (non-hydrogen) atoms. The molecular formula is C19H22N4O3. The molecule has 136 valence electrons. The van der Waals surface area contributed by atoms with Gasteiger partial charge in [-0.2, -0.15) is 0 Å². The van der Waals surface area contributed by atoms with E-state index in [4.69, 9.17) is 0 Å². The summed E-state index contributed by atoms with van der Waals surface area (Å²) in [5.41, 5.74) is 0.0996. The van der Waals surface area contributed by atoms with Crippen LogP contribution >= 0.6 is 0 Å². The van der Waals surface area contributed by atoms with Crippen molar-refractivity contribution in [2.45, 2.75) is 38.1 Å². The molecule has 7 heteroatoms. The molecular weight excluding hydrogens is 332 g/mol. The van der Waals surface area contributed by atoms with Crippen LogP contribution in [0.15, 0.2) is 35.4 Å². The summed E-state index contributed by atoms with van der Waals surface area (Å²) in [5.74, 6) is -0.442. The van der Waals surface area contributed by atoms with Gasteiger partial charge in [0.05, 0.1) is 0 Å². The monoisotopic (exact) mass is 354 g/mol. The third kappa shape index (κ3) is 2.98. The van der Waals surface area contributed by atoms with Gasteiger partial charge in [0, 0.05) is 31.5 Å². The maximum Gasteiger partial charge on any atom is 0.270 e. The quantitative estimate of drug-likeness (QED) is 0.815. The van der Waals surface area contributed by atoms with E-state index in [0.29, 0.717) is 24.8 Å². The van der Waals surface area contributed by atoms with E-state index in [-0.39, 0.29) is 18.0 Å². The minimum Gasteiger partial charge on any atom is -0.336 e. The Morgan fingerprint density at radius 2 is 1.88 bits per heavy atom. The number of amides is 2. The highest BCUT2D eigenvalue weighted by molar-refractivity contribution is 5.96. The average Bonchev–Trinajstić information content (AvgIpc) is 2.68. The number of nitrogens with zero attached hydrogens (tertiary/aromatic N) is 4. The number of hydrogen-bond acceptors (Lipinski definition) is 4. The van der Waals surface area contributed by atoms with E-state index in [1.54, 1.807) is 24.4 Å². The molecule has 1 aliphatic heterocycles. The standard InChI is InChI=1S/C19H22N4O3/c24-17-13-21(10-11-22(17)14-6-2-1-3-7-14)18(25)15-12-20-16-8-4-5-9-23(16)19(15)26/h4-5,8-9,12,14H,1-3,6-7,10-11,13H2. The fourth-order valence-electron chi connectivity index (χ4n) is 3.98. The fraction of sp³-hybridized carbons (Fsp3) is 0.474. The number of rotatable bonds is 2. The summed E-state index contributed by atoms with van der Waals surface area (Å²) in [6.45, 7) is 1.03. The molecule has 2 aromatic rings. The van der Waals surface area contributed by atoms with Crippen molar-refractivity contribution in [3.63, 3.8) is 0 Å². The van der Waals surface area contributed by atoms with Crippen LogP contribution in [0.25, 0.3) is 5.65 Å². The van der Waals surface area contributed by atoms with Crippen LogP contribution < -0.4 is 5.56 Å². The van der Waals surface area contributed by atoms with Gasteiger partial charge in [0.25, 0.3) is 11.5 Å². The second-order valence-electron chi connectivity index (χ2n) is 7.01. The number of hydrogen-bond donors (Lipinski definition) is 0. The van der Waals surface area contributed by atoms with Crippen LogP contribution in [0.5, 0.6) is 0 Å². The zero-order valence-corrected chi connectivity index (χ0v) is 14.6. The molecule has 0 atom stereocenters. The van der Waals surface area contributed by atoms with E-state index >= 15 is 0 Å². The molecule has 3 heterocycles. The third-order valence-electron chi connectivity index (χ3n) is 5.40. The second-order valence-corrected chi connectivity index (χ2v) is 7.01. The molecule has 2 aromatic heterocycles. The van der Waals surface area contributed by atoms with Gasteiger partial charge in [-0.15, -0.1) is 0 Å². The van der Waals surface area contributed by atoms with Crippen LogP contribution in [-0.2, 0) is 4.79 Å². The van der Waals surface area contributed by atoms with Crippen LogP contribution in [-0.4, -0.2) is 56.7 Å². The molecule has 2 amide bonds. The van der Waals surface area contributed by atoms with Crippen molar-refractivity contribution in [3.8, 4) is 0 Å². The van der Waals surface area contributed by atoms with Gasteiger partial charge in [0.2, 0.25) is 5.91 Å². The van der Waals surface area contributed by atoms with Gasteiger partial charge in [-0.25, -0.2) is 4.98 Å². The van der Waals surface area contributed by atoms with E-state index in [1.165, 1.54) is 21.9 Å². The van der Waals surface area contributed by atoms with Crippen LogP contribution in [0.3, 0.4) is 0 Å². The lowest BCUT2D eigenvalue weighted by atomic mass is 9.93. The number of fused-ring (bicyclic) bond motifs is 1. The first-order valence-corrected chi connectivity index (χ1v) is 9.20. The summed E-state index contributed by atoms with van der Waals surface area (Å²) in [4.78, 5) is 45.5. The molecule has 0 radical (unpaired) electrons. The number of carbonyl (C=O) groups excluding carboxylic acids is 2. The zero-order chi connectivity index (χ0) is 18.1. The molecule has 7 nitrogen and oxygen atoms in total. The zero-order valence-electron chi connectivity index (χ0n) is 14.6. The molecule has 4 rings (SSSR count). The molecule has 1 saturated heterocycles. The first kappa shape index (κ1) is 16.8. The highest BCUT2D eigenvalue weighted by Crippen LogP contribution is 2.24. The Labute approximate surface area is 151 Å². The Balaban J connectivity index is 1.52. The van der Waals surface area contributed by atoms with Crippen LogP contribution in [0.2, 0.25) is 0 Å². The Morgan fingerprint density at radius 3 is 2.65 bits per heavy atom. The highest BCUT2D eigenvalue weighted by atomic mass is 16.2. The lowest BCUT2D eigenvalue weighted by Gasteiger charge is -2.40. The molecule has 0 unspecified atom stereocenters. The van der Waals surface area contributed by atoms with Gasteiger partial charge in [-0.1, -0.05) is 25.3 Å². The Morgan fingerprint density at radius 1 is 1.08 bits per heavy atom. The summed E-state index contributed by atoms with van der Waals surface area (Å²) >= 11 is 0. The molecule has 0 bridgehead atoms. The Kier molecular flexibility index (Phi) is 4.44. The Bertz CT molecular complexity index is 901. The summed E-state index contributed by atoms with van der Waals surface area (Å²) in [6.07, 6.45) is 8.58. The summed E-state index contributed by atoms with van der Waals surface area (Å²) in [5, 5.41) is 0. The predicted octanol–water partition coefficient (Wildman–Crippen LogP) is 1.31. The minimum absolute atomic E-state index is 0.00705. The molecule has 2 fully saturated rings. The van der Waals surface area contributed by atoms with Gasteiger partial charge in [0.1, 0.15) is 17.8 Å². The summed E-state index contributed by atoms with van der Waals surface area (Å²) in [6, 6.07) is 5.52. The highest BCUT2D eigenvalue weighted by Gasteiger charge is 2.33. The second kappa shape index (κ2) is 6.90. The van der Waals surface area contributed by atoms with Crippen LogP contribution in [0.1, 0.15) is 42.5 Å². The van der Waals surface area contributed by atoms with Crippen molar-refractivity contribution in [3.05, 3.63) is 46.5 Å². The van der Waals surface area contributed by atoms with Crippen molar-refractivity contribution in [2.24, 2.45) is 0 Å². The predicted molar refractivity (Wildman–Crippen MR) is 96.0 cm³/mol. The van der Waals surface area contributed by atoms with E-state index in [1.807, 2.05) is 4.90 Å². The van der Waals surface area contributed by atoms with E-state index in [9.17, 15) is 14.4 Å². The number of pyridine rings is 1. The maximum absolute atomic E-state index is 12.8. The molecule has 1 saturated carbocycles. The van der Waals surface area contributed by atoms with Crippen molar-refractivity contribution in [1.29, 1.82) is 0 Å². The van der Waals surface area contributed by atoms with Crippen molar-refractivity contribution >= 4 is 17.5 Å². The SMILES string of the molecule is O=C(c1cnc2ccccn2c1=O)N1CCN(C2CCCCC2)C(=O)C1. The maximum atomic E-state index is 12.8. The van der Waals surface area contributed by atoms with Crippen LogP contribution in [0.4, 0.5) is 0 Å². The lowest BCUT2D eigenvalue weighted by molar-refractivity contribution is -0.138. The fourth-order valence-corrected chi connectivity index (χ4v) is 3.98. The van der Waals surface area contributed by atoms with Crippen molar-refractivity contribution in [1.82, 2.24) is 19.2 Å². The largest absolute Gasteiger partial charge is 0.336 e. The third-order valence-corrected chi connectivity index (χ3v) is 5.40. The number of piperazine rings is 1. The normalized spacial score (nSPS) is 19.2.